The van der Waals surface area contributed by atoms with Gasteiger partial charge in [-0.15, -0.1) is 0 Å². The highest BCUT2D eigenvalue weighted by Crippen LogP contribution is 2.19. The average Bonchev–Trinajstić information content (AvgIpc) is 2.54. The predicted molar refractivity (Wildman–Crippen MR) is 85.0 cm³/mol. The van der Waals surface area contributed by atoms with Gasteiger partial charge in [-0.05, 0) is 30.7 Å². The summed E-state index contributed by atoms with van der Waals surface area (Å²) in [5.41, 5.74) is 7.84. The Hall–Kier alpha value is -3.35. The molecule has 3 rings (SSSR count). The highest BCUT2D eigenvalue weighted by Gasteiger charge is 2.15. The molecule has 3 N–H and O–H groups in total. The summed E-state index contributed by atoms with van der Waals surface area (Å²) < 4.78 is 0. The molecule has 114 valence electrons. The minimum absolute atomic E-state index is 0.176. The zero-order chi connectivity index (χ0) is 16.4. The van der Waals surface area contributed by atoms with E-state index in [1.807, 2.05) is 0 Å². The van der Waals surface area contributed by atoms with Gasteiger partial charge in [0.1, 0.15) is 11.2 Å². The lowest BCUT2D eigenvalue weighted by molar-refractivity contribution is 0.100. The summed E-state index contributed by atoms with van der Waals surface area (Å²) in [6.45, 7) is 1.75. The lowest BCUT2D eigenvalue weighted by Gasteiger charge is -2.11. The molecule has 2 aromatic heterocycles. The number of carbonyl (C=O) groups is 2. The van der Waals surface area contributed by atoms with Crippen LogP contribution >= 0.6 is 0 Å². The smallest absolute Gasteiger partial charge is 0.274 e. The number of amides is 2. The molecule has 0 aliphatic carbocycles. The number of fused-ring (bicyclic) bond motifs is 1. The highest BCUT2D eigenvalue weighted by atomic mass is 16.2. The fraction of sp³-hybridized carbons (Fsp3) is 0.0625. The molecular weight excluding hydrogens is 294 g/mol. The van der Waals surface area contributed by atoms with Gasteiger partial charge in [0.05, 0.1) is 11.3 Å². The monoisotopic (exact) mass is 307 g/mol. The van der Waals surface area contributed by atoms with Crippen LogP contribution in [-0.4, -0.2) is 26.8 Å². The van der Waals surface area contributed by atoms with Crippen LogP contribution in [0.2, 0.25) is 0 Å². The van der Waals surface area contributed by atoms with Gasteiger partial charge < -0.3 is 11.1 Å². The molecule has 0 radical (unpaired) electrons. The van der Waals surface area contributed by atoms with Gasteiger partial charge >= 0.3 is 0 Å². The second-order valence-corrected chi connectivity index (χ2v) is 4.91. The van der Waals surface area contributed by atoms with Crippen molar-refractivity contribution < 1.29 is 9.59 Å². The van der Waals surface area contributed by atoms with Gasteiger partial charge in [-0.2, -0.15) is 0 Å². The summed E-state index contributed by atoms with van der Waals surface area (Å²) in [6.07, 6.45) is 3.05. The Kier molecular flexibility index (Phi) is 3.68. The number of hydrogen-bond donors (Lipinski definition) is 2. The first-order valence-electron chi connectivity index (χ1n) is 6.85. The zero-order valence-electron chi connectivity index (χ0n) is 12.3. The van der Waals surface area contributed by atoms with Gasteiger partial charge in [-0.25, -0.2) is 9.97 Å². The number of benzene rings is 1. The first-order valence-corrected chi connectivity index (χ1v) is 6.85. The number of nitrogens with one attached hydrogen (secondary N) is 1. The van der Waals surface area contributed by atoms with E-state index in [1.165, 1.54) is 6.20 Å². The van der Waals surface area contributed by atoms with Crippen LogP contribution in [0.3, 0.4) is 0 Å². The molecule has 23 heavy (non-hydrogen) atoms. The molecule has 0 saturated carbocycles. The maximum atomic E-state index is 12.4. The third-order valence-electron chi connectivity index (χ3n) is 3.33. The van der Waals surface area contributed by atoms with E-state index in [-0.39, 0.29) is 11.3 Å². The number of carbonyl (C=O) groups excluding carboxylic acids is 2. The van der Waals surface area contributed by atoms with Gasteiger partial charge in [0.15, 0.2) is 5.65 Å². The highest BCUT2D eigenvalue weighted by molar-refractivity contribution is 6.08. The Labute approximate surface area is 131 Å². The summed E-state index contributed by atoms with van der Waals surface area (Å²) in [5.74, 6) is -1.05. The van der Waals surface area contributed by atoms with Crippen molar-refractivity contribution in [1.29, 1.82) is 0 Å². The minimum Gasteiger partial charge on any atom is -0.366 e. The van der Waals surface area contributed by atoms with Gasteiger partial charge in [-0.1, -0.05) is 12.1 Å². The van der Waals surface area contributed by atoms with Gasteiger partial charge in [0.25, 0.3) is 11.8 Å². The number of aryl methyl sites for hydroxylation is 1. The Morgan fingerprint density at radius 1 is 1.09 bits per heavy atom. The standard InChI is InChI=1S/C16H13N5O2/c1-9-3-2-4-10(13(9)14(17)22)21-16(23)12-6-5-11-15(20-12)19-8-7-18-11/h2-8H,1H3,(H2,17,22)(H,21,23). The fourth-order valence-electron chi connectivity index (χ4n) is 2.27. The summed E-state index contributed by atoms with van der Waals surface area (Å²) >= 11 is 0. The fourth-order valence-corrected chi connectivity index (χ4v) is 2.27. The van der Waals surface area contributed by atoms with Crippen LogP contribution in [-0.2, 0) is 0 Å². The molecule has 0 fully saturated rings. The van der Waals surface area contributed by atoms with Crippen LogP contribution in [0.15, 0.2) is 42.7 Å². The van der Waals surface area contributed by atoms with E-state index in [4.69, 9.17) is 5.73 Å². The Balaban J connectivity index is 1.95. The molecule has 2 heterocycles. The van der Waals surface area contributed by atoms with E-state index in [1.54, 1.807) is 43.5 Å². The van der Waals surface area contributed by atoms with E-state index in [0.717, 1.165) is 0 Å². The van der Waals surface area contributed by atoms with Crippen LogP contribution < -0.4 is 11.1 Å². The van der Waals surface area contributed by atoms with E-state index in [0.29, 0.717) is 22.4 Å². The quantitative estimate of drug-likeness (QED) is 0.764. The van der Waals surface area contributed by atoms with Crippen LogP contribution in [0.5, 0.6) is 0 Å². The van der Waals surface area contributed by atoms with Crippen molar-refractivity contribution in [2.24, 2.45) is 5.73 Å². The third kappa shape index (κ3) is 2.84. The van der Waals surface area contributed by atoms with Crippen LogP contribution in [0.25, 0.3) is 11.2 Å². The third-order valence-corrected chi connectivity index (χ3v) is 3.33. The van der Waals surface area contributed by atoms with Crippen LogP contribution in [0, 0.1) is 6.92 Å². The summed E-state index contributed by atoms with van der Waals surface area (Å²) in [7, 11) is 0. The molecule has 0 unspecified atom stereocenters. The maximum Gasteiger partial charge on any atom is 0.274 e. The Bertz CT molecular complexity index is 923. The SMILES string of the molecule is Cc1cccc(NC(=O)c2ccc3nccnc3n2)c1C(N)=O. The van der Waals surface area contributed by atoms with E-state index in [9.17, 15) is 9.59 Å². The number of anilines is 1. The van der Waals surface area contributed by atoms with E-state index in [2.05, 4.69) is 20.3 Å². The number of pyridine rings is 1. The molecule has 3 aromatic rings. The van der Waals surface area contributed by atoms with Crippen molar-refractivity contribution in [3.8, 4) is 0 Å². The number of primary amides is 1. The molecule has 0 saturated heterocycles. The van der Waals surface area contributed by atoms with E-state index < -0.39 is 11.8 Å². The van der Waals surface area contributed by atoms with Crippen LogP contribution in [0.4, 0.5) is 5.69 Å². The molecule has 7 nitrogen and oxygen atoms in total. The van der Waals surface area contributed by atoms with Crippen molar-refractivity contribution in [2.75, 3.05) is 5.32 Å². The first-order chi connectivity index (χ1) is 11.1. The summed E-state index contributed by atoms with van der Waals surface area (Å²) in [6, 6.07) is 8.31. The molecule has 7 heteroatoms. The molecule has 1 aromatic carbocycles. The topological polar surface area (TPSA) is 111 Å². The summed E-state index contributed by atoms with van der Waals surface area (Å²) in [4.78, 5) is 36.3. The van der Waals surface area contributed by atoms with Gasteiger partial charge in [0.2, 0.25) is 0 Å². The van der Waals surface area contributed by atoms with Crippen molar-refractivity contribution in [1.82, 2.24) is 15.0 Å². The lowest BCUT2D eigenvalue weighted by atomic mass is 10.1. The van der Waals surface area contributed by atoms with Crippen LogP contribution in [0.1, 0.15) is 26.4 Å². The number of nitrogens with two attached hydrogens (primary N) is 1. The van der Waals surface area contributed by atoms with Crippen molar-refractivity contribution in [2.45, 2.75) is 6.92 Å². The lowest BCUT2D eigenvalue weighted by Crippen LogP contribution is -2.20. The predicted octanol–water partition coefficient (Wildman–Crippen LogP) is 1.68. The van der Waals surface area contributed by atoms with E-state index >= 15 is 0 Å². The first kappa shape index (κ1) is 14.6. The van der Waals surface area contributed by atoms with Crippen molar-refractivity contribution in [3.05, 3.63) is 59.5 Å². The second kappa shape index (κ2) is 5.80. The van der Waals surface area contributed by atoms with Crippen molar-refractivity contribution in [3.63, 3.8) is 0 Å². The molecular formula is C16H13N5O2. The minimum atomic E-state index is -0.601. The number of nitrogens with zero attached hydrogens (tertiary/aromatic N) is 3. The normalized spacial score (nSPS) is 10.5. The molecule has 0 bridgehead atoms. The average molecular weight is 307 g/mol. The molecule has 2 amide bonds. The maximum absolute atomic E-state index is 12.4. The Morgan fingerprint density at radius 3 is 2.65 bits per heavy atom. The Morgan fingerprint density at radius 2 is 1.87 bits per heavy atom. The number of hydrogen-bond acceptors (Lipinski definition) is 5. The molecule has 0 spiro atoms. The van der Waals surface area contributed by atoms with Crippen molar-refractivity contribution >= 4 is 28.7 Å². The van der Waals surface area contributed by atoms with Gasteiger partial charge in [0, 0.05) is 12.4 Å². The zero-order valence-corrected chi connectivity index (χ0v) is 12.3. The van der Waals surface area contributed by atoms with Gasteiger partial charge in [-0.3, -0.25) is 14.6 Å². The molecule has 0 aliphatic rings. The summed E-state index contributed by atoms with van der Waals surface area (Å²) in [5, 5.41) is 2.66. The molecule has 0 atom stereocenters. The number of aromatic nitrogens is 3. The largest absolute Gasteiger partial charge is 0.366 e. The second-order valence-electron chi connectivity index (χ2n) is 4.91. The number of rotatable bonds is 3. The molecule has 0 aliphatic heterocycles.